The van der Waals surface area contributed by atoms with Crippen LogP contribution in [0.2, 0.25) is 0 Å². The van der Waals surface area contributed by atoms with Crippen molar-refractivity contribution in [3.63, 3.8) is 0 Å². The van der Waals surface area contributed by atoms with Crippen LogP contribution in [0.25, 0.3) is 0 Å². The average Bonchev–Trinajstić information content (AvgIpc) is 2.39. The maximum Gasteiger partial charge on any atom is 0.164 e. The predicted octanol–water partition coefficient (Wildman–Crippen LogP) is -0.258. The van der Waals surface area contributed by atoms with Crippen molar-refractivity contribution in [2.24, 2.45) is 5.73 Å². The van der Waals surface area contributed by atoms with Crippen LogP contribution in [0.5, 0.6) is 0 Å². The highest BCUT2D eigenvalue weighted by Gasteiger charge is 2.35. The number of rotatable bonds is 7. The third-order valence-corrected chi connectivity index (χ3v) is 6.01. The number of nitrogens with two attached hydrogens (primary N) is 1. The minimum atomic E-state index is -3.11. The van der Waals surface area contributed by atoms with Crippen LogP contribution in [0.1, 0.15) is 6.42 Å². The van der Waals surface area contributed by atoms with Crippen LogP contribution in [-0.4, -0.2) is 76.1 Å². The number of thioether (sulfide) groups is 1. The van der Waals surface area contributed by atoms with Gasteiger partial charge in [0.05, 0.1) is 0 Å². The quantitative estimate of drug-likeness (QED) is 0.649. The molecular formula is C11H24N2O4S2. The molecule has 2 atom stereocenters. The Morgan fingerprint density at radius 2 is 2.05 bits per heavy atom. The van der Waals surface area contributed by atoms with Crippen molar-refractivity contribution in [2.45, 2.75) is 24.1 Å². The Hall–Kier alpha value is 0.140. The summed E-state index contributed by atoms with van der Waals surface area (Å²) < 4.78 is 34.1. The smallest absolute Gasteiger partial charge is 0.164 e. The molecule has 8 heteroatoms. The summed E-state index contributed by atoms with van der Waals surface area (Å²) in [5.41, 5.74) is 5.81. The highest BCUT2D eigenvalue weighted by Crippen LogP contribution is 2.24. The third-order valence-electron chi connectivity index (χ3n) is 3.35. The van der Waals surface area contributed by atoms with Crippen molar-refractivity contribution in [3.05, 3.63) is 0 Å². The molecule has 0 aromatic rings. The second-order valence-electron chi connectivity index (χ2n) is 4.62. The number of hydrogen-bond acceptors (Lipinski definition) is 7. The van der Waals surface area contributed by atoms with Crippen LogP contribution in [0, 0.1) is 0 Å². The minimum absolute atomic E-state index is 0.0504. The summed E-state index contributed by atoms with van der Waals surface area (Å²) in [5.74, 6) is 1.52. The number of methoxy groups -OCH3 is 2. The summed E-state index contributed by atoms with van der Waals surface area (Å²) in [7, 11) is 0.0311. The Bertz CT molecular complexity index is 360. The largest absolute Gasteiger partial charge is 0.356 e. The van der Waals surface area contributed by atoms with Gasteiger partial charge in [0, 0.05) is 57.5 Å². The van der Waals surface area contributed by atoms with E-state index in [0.29, 0.717) is 18.7 Å². The molecule has 0 aromatic carbocycles. The van der Waals surface area contributed by atoms with Crippen LogP contribution in [0.15, 0.2) is 0 Å². The van der Waals surface area contributed by atoms with E-state index < -0.39 is 15.2 Å². The van der Waals surface area contributed by atoms with Crippen molar-refractivity contribution in [1.82, 2.24) is 4.90 Å². The highest BCUT2D eigenvalue weighted by molar-refractivity contribution is 8.00. The van der Waals surface area contributed by atoms with Gasteiger partial charge in [0.2, 0.25) is 0 Å². The van der Waals surface area contributed by atoms with Gasteiger partial charge in [-0.05, 0) is 0 Å². The molecule has 114 valence electrons. The van der Waals surface area contributed by atoms with Crippen LogP contribution >= 0.6 is 11.8 Å². The summed E-state index contributed by atoms with van der Waals surface area (Å²) in [5, 5.41) is -0.464. The van der Waals surface area contributed by atoms with E-state index in [1.165, 1.54) is 6.26 Å². The van der Waals surface area contributed by atoms with Crippen LogP contribution < -0.4 is 5.73 Å². The molecule has 1 aliphatic rings. The zero-order chi connectivity index (χ0) is 14.5. The Morgan fingerprint density at radius 1 is 1.42 bits per heavy atom. The average molecular weight is 312 g/mol. The van der Waals surface area contributed by atoms with E-state index in [-0.39, 0.29) is 12.3 Å². The Morgan fingerprint density at radius 3 is 2.53 bits per heavy atom. The van der Waals surface area contributed by atoms with Gasteiger partial charge in [-0.2, -0.15) is 11.8 Å². The van der Waals surface area contributed by atoms with Gasteiger partial charge in [-0.25, -0.2) is 8.42 Å². The maximum atomic E-state index is 11.9. The van der Waals surface area contributed by atoms with Gasteiger partial charge in [0.25, 0.3) is 0 Å². The molecule has 1 fully saturated rings. The van der Waals surface area contributed by atoms with E-state index in [4.69, 9.17) is 15.2 Å². The lowest BCUT2D eigenvalue weighted by Crippen LogP contribution is -2.55. The molecule has 1 saturated heterocycles. The van der Waals surface area contributed by atoms with Crippen molar-refractivity contribution >= 4 is 21.6 Å². The first kappa shape index (κ1) is 17.2. The zero-order valence-corrected chi connectivity index (χ0v) is 13.4. The standard InChI is InChI=1S/C11H24N2O4S2/c1-16-11(17-2)6-9(7-12)13-4-5-18-8-10(13)19(3,14)15/h9-11H,4-8,12H2,1-3H3. The molecule has 0 radical (unpaired) electrons. The first-order valence-electron chi connectivity index (χ1n) is 6.22. The molecule has 2 unspecified atom stereocenters. The van der Waals surface area contributed by atoms with Gasteiger partial charge in [-0.15, -0.1) is 0 Å². The summed E-state index contributed by atoms with van der Waals surface area (Å²) >= 11 is 1.67. The van der Waals surface area contributed by atoms with Crippen LogP contribution in [0.3, 0.4) is 0 Å². The van der Waals surface area contributed by atoms with E-state index >= 15 is 0 Å². The fraction of sp³-hybridized carbons (Fsp3) is 1.00. The normalized spacial score (nSPS) is 23.7. The lowest BCUT2D eigenvalue weighted by molar-refractivity contribution is -0.116. The number of hydrogen-bond donors (Lipinski definition) is 1. The molecule has 0 saturated carbocycles. The molecule has 19 heavy (non-hydrogen) atoms. The van der Waals surface area contributed by atoms with Gasteiger partial charge < -0.3 is 15.2 Å². The molecular weight excluding hydrogens is 288 g/mol. The lowest BCUT2D eigenvalue weighted by Gasteiger charge is -2.40. The van der Waals surface area contributed by atoms with Gasteiger partial charge in [-0.3, -0.25) is 4.90 Å². The summed E-state index contributed by atoms with van der Waals surface area (Å²) in [4.78, 5) is 1.98. The van der Waals surface area contributed by atoms with Crippen molar-refractivity contribution in [3.8, 4) is 0 Å². The fourth-order valence-corrected chi connectivity index (χ4v) is 5.21. The molecule has 1 aliphatic heterocycles. The summed E-state index contributed by atoms with van der Waals surface area (Å²) in [6.07, 6.45) is 1.50. The summed E-state index contributed by atoms with van der Waals surface area (Å²) in [6, 6.07) is -0.0504. The maximum absolute atomic E-state index is 11.9. The molecule has 1 rings (SSSR count). The predicted molar refractivity (Wildman–Crippen MR) is 77.9 cm³/mol. The molecule has 2 N–H and O–H groups in total. The molecule has 0 amide bonds. The van der Waals surface area contributed by atoms with Gasteiger partial charge in [0.1, 0.15) is 5.37 Å². The van der Waals surface area contributed by atoms with Crippen molar-refractivity contribution in [2.75, 3.05) is 45.1 Å². The Labute approximate surface area is 119 Å². The Balaban J connectivity index is 2.81. The summed E-state index contributed by atoms with van der Waals surface area (Å²) in [6.45, 7) is 1.12. The zero-order valence-electron chi connectivity index (χ0n) is 11.7. The van der Waals surface area contributed by atoms with E-state index in [9.17, 15) is 8.42 Å². The monoisotopic (exact) mass is 312 g/mol. The number of nitrogens with zero attached hydrogens (tertiary/aromatic N) is 1. The second kappa shape index (κ2) is 7.80. The van der Waals surface area contributed by atoms with E-state index in [1.807, 2.05) is 4.90 Å². The first-order chi connectivity index (χ1) is 8.93. The van der Waals surface area contributed by atoms with Crippen molar-refractivity contribution < 1.29 is 17.9 Å². The topological polar surface area (TPSA) is 81.9 Å². The SMILES string of the molecule is COC(CC(CN)N1CCSCC1S(C)(=O)=O)OC. The number of ether oxygens (including phenoxy) is 2. The van der Waals surface area contributed by atoms with Gasteiger partial charge in [0.15, 0.2) is 16.1 Å². The van der Waals surface area contributed by atoms with Crippen LogP contribution in [0.4, 0.5) is 0 Å². The van der Waals surface area contributed by atoms with Gasteiger partial charge in [-0.1, -0.05) is 0 Å². The molecule has 0 bridgehead atoms. The van der Waals surface area contributed by atoms with E-state index in [0.717, 1.165) is 12.3 Å². The second-order valence-corrected chi connectivity index (χ2v) is 7.98. The first-order valence-corrected chi connectivity index (χ1v) is 9.33. The van der Waals surface area contributed by atoms with Gasteiger partial charge >= 0.3 is 0 Å². The molecule has 0 aromatic heterocycles. The molecule has 0 aliphatic carbocycles. The third kappa shape index (κ3) is 4.87. The Kier molecular flexibility index (Phi) is 7.06. The lowest BCUT2D eigenvalue weighted by atomic mass is 10.1. The highest BCUT2D eigenvalue weighted by atomic mass is 32.2. The van der Waals surface area contributed by atoms with E-state index in [1.54, 1.807) is 26.0 Å². The molecule has 1 heterocycles. The number of sulfone groups is 1. The molecule has 6 nitrogen and oxygen atoms in total. The van der Waals surface area contributed by atoms with Crippen molar-refractivity contribution in [1.29, 1.82) is 0 Å². The minimum Gasteiger partial charge on any atom is -0.356 e. The van der Waals surface area contributed by atoms with E-state index in [2.05, 4.69) is 0 Å². The molecule has 0 spiro atoms. The fourth-order valence-electron chi connectivity index (χ4n) is 2.26. The van der Waals surface area contributed by atoms with Crippen LogP contribution in [-0.2, 0) is 19.3 Å².